The van der Waals surface area contributed by atoms with Gasteiger partial charge in [0.15, 0.2) is 11.6 Å². The number of aryl methyl sites for hydroxylation is 1. The number of carbonyl (C=O) groups is 3. The number of para-hydroxylation sites is 1. The van der Waals surface area contributed by atoms with Crippen molar-refractivity contribution in [2.45, 2.75) is 31.3 Å². The monoisotopic (exact) mass is 588 g/mol. The molecule has 0 bridgehead atoms. The Balaban J connectivity index is 1.55. The average molecular weight is 589 g/mol. The first-order chi connectivity index (χ1) is 20.7. The van der Waals surface area contributed by atoms with Gasteiger partial charge in [-0.2, -0.15) is 0 Å². The van der Waals surface area contributed by atoms with Gasteiger partial charge >= 0.3 is 0 Å². The van der Waals surface area contributed by atoms with Crippen LogP contribution in [0.25, 0.3) is 5.57 Å². The Labute approximate surface area is 254 Å². The number of allylic oxidation sites excluding steroid dienone is 1. The van der Waals surface area contributed by atoms with E-state index in [-0.39, 0.29) is 17.5 Å². The zero-order valence-electron chi connectivity index (χ0n) is 23.9. The van der Waals surface area contributed by atoms with Gasteiger partial charge in [0.2, 0.25) is 5.91 Å². The molecule has 1 saturated heterocycles. The van der Waals surface area contributed by atoms with Crippen LogP contribution in [0.2, 0.25) is 5.02 Å². The Bertz CT molecular complexity index is 1860. The maximum atomic E-state index is 14.9. The minimum absolute atomic E-state index is 0.259. The quantitative estimate of drug-likeness (QED) is 0.257. The minimum Gasteiger partial charge on any atom is -0.497 e. The van der Waals surface area contributed by atoms with E-state index in [2.05, 4.69) is 17.5 Å². The third-order valence-electron chi connectivity index (χ3n) is 9.17. The van der Waals surface area contributed by atoms with E-state index in [0.29, 0.717) is 33.1 Å². The molecule has 1 fully saturated rings. The normalized spacial score (nSPS) is 23.3. The fourth-order valence-corrected chi connectivity index (χ4v) is 7.41. The highest BCUT2D eigenvalue weighted by molar-refractivity contribution is 6.30. The van der Waals surface area contributed by atoms with Crippen LogP contribution in [0.5, 0.6) is 5.75 Å². The molecule has 7 rings (SSSR count). The van der Waals surface area contributed by atoms with Crippen molar-refractivity contribution in [2.24, 2.45) is 5.92 Å². The van der Waals surface area contributed by atoms with Crippen LogP contribution in [0.4, 0.5) is 11.4 Å². The largest absolute Gasteiger partial charge is 0.497 e. The number of anilines is 2. The lowest BCUT2D eigenvalue weighted by atomic mass is 9.64. The molecule has 3 aliphatic rings. The second-order valence-corrected chi connectivity index (χ2v) is 11.9. The van der Waals surface area contributed by atoms with Gasteiger partial charge in [0.1, 0.15) is 17.2 Å². The lowest BCUT2D eigenvalue weighted by molar-refractivity contribution is -0.121. The summed E-state index contributed by atoms with van der Waals surface area (Å²) in [6.45, 7) is 4.05. The molecule has 1 N–H and O–H groups in total. The molecule has 3 heterocycles. The van der Waals surface area contributed by atoms with Crippen molar-refractivity contribution in [3.63, 3.8) is 0 Å². The van der Waals surface area contributed by atoms with Gasteiger partial charge in [0.25, 0.3) is 0 Å². The summed E-state index contributed by atoms with van der Waals surface area (Å²) in [5.41, 5.74) is 4.63. The first-order valence-electron chi connectivity index (χ1n) is 14.2. The van der Waals surface area contributed by atoms with Gasteiger partial charge in [-0.05, 0) is 79.6 Å². The van der Waals surface area contributed by atoms with Crippen molar-refractivity contribution in [3.05, 3.63) is 130 Å². The van der Waals surface area contributed by atoms with Crippen LogP contribution in [0, 0.1) is 12.8 Å². The predicted molar refractivity (Wildman–Crippen MR) is 168 cm³/mol. The number of hydrogen-bond donors (Lipinski definition) is 1. The number of nitrogens with zero attached hydrogens (tertiary/aromatic N) is 1. The van der Waals surface area contributed by atoms with Crippen LogP contribution in [-0.2, 0) is 10.2 Å². The number of methoxy groups -OCH3 is 1. The van der Waals surface area contributed by atoms with Crippen molar-refractivity contribution < 1.29 is 19.1 Å². The third kappa shape index (κ3) is 3.90. The van der Waals surface area contributed by atoms with E-state index >= 15 is 0 Å². The molecule has 0 aliphatic carbocycles. The highest BCUT2D eigenvalue weighted by Gasteiger charge is 2.70. The van der Waals surface area contributed by atoms with E-state index in [1.807, 2.05) is 55.1 Å². The Kier molecular flexibility index (Phi) is 6.29. The van der Waals surface area contributed by atoms with Crippen LogP contribution in [0.15, 0.2) is 97.1 Å². The number of rotatable bonds is 5. The van der Waals surface area contributed by atoms with E-state index in [0.717, 1.165) is 22.4 Å². The highest BCUT2D eigenvalue weighted by atomic mass is 35.5. The number of ether oxygens (including phenoxy) is 1. The number of halogens is 1. The Hall–Kier alpha value is -4.68. The van der Waals surface area contributed by atoms with Crippen LogP contribution in [0.1, 0.15) is 44.3 Å². The van der Waals surface area contributed by atoms with Crippen LogP contribution in [-0.4, -0.2) is 36.7 Å². The van der Waals surface area contributed by atoms with E-state index in [1.54, 1.807) is 55.6 Å². The van der Waals surface area contributed by atoms with Gasteiger partial charge in [-0.15, -0.1) is 0 Å². The summed E-state index contributed by atoms with van der Waals surface area (Å²) < 4.78 is 5.45. The third-order valence-corrected chi connectivity index (χ3v) is 9.42. The van der Waals surface area contributed by atoms with Gasteiger partial charge in [-0.3, -0.25) is 14.4 Å². The summed E-state index contributed by atoms with van der Waals surface area (Å²) in [5.74, 6) is -1.37. The fourth-order valence-electron chi connectivity index (χ4n) is 7.29. The molecular weight excluding hydrogens is 560 g/mol. The summed E-state index contributed by atoms with van der Waals surface area (Å²) in [6, 6.07) is 25.6. The number of fused-ring (bicyclic) bond motifs is 6. The molecule has 1 spiro atoms. The van der Waals surface area contributed by atoms with Crippen molar-refractivity contribution in [3.8, 4) is 5.75 Å². The highest BCUT2D eigenvalue weighted by Crippen LogP contribution is 2.59. The maximum absolute atomic E-state index is 14.9. The van der Waals surface area contributed by atoms with E-state index in [9.17, 15) is 14.4 Å². The summed E-state index contributed by atoms with van der Waals surface area (Å²) in [7, 11) is 1.55. The molecule has 4 aromatic rings. The summed E-state index contributed by atoms with van der Waals surface area (Å²) >= 11 is 6.20. The Morgan fingerprint density at radius 1 is 0.884 bits per heavy atom. The lowest BCUT2D eigenvalue weighted by Gasteiger charge is -2.39. The van der Waals surface area contributed by atoms with Crippen LogP contribution >= 0.6 is 11.6 Å². The van der Waals surface area contributed by atoms with Crippen molar-refractivity contribution in [1.29, 1.82) is 0 Å². The molecular formula is C36H29ClN2O4. The van der Waals surface area contributed by atoms with Crippen LogP contribution in [0.3, 0.4) is 0 Å². The average Bonchev–Trinajstić information content (AvgIpc) is 3.49. The molecule has 6 nitrogen and oxygen atoms in total. The van der Waals surface area contributed by atoms with Gasteiger partial charge in [0, 0.05) is 33.1 Å². The smallest absolute Gasteiger partial charge is 0.238 e. The molecule has 4 aromatic carbocycles. The Morgan fingerprint density at radius 2 is 1.65 bits per heavy atom. The molecule has 0 aromatic heterocycles. The SMILES string of the molecule is COc1cccc(C(=O)[C@@H]2[C@H](C(=O)c3ccc(Cl)cc3)[C@@]3(C(=O)Nc4ccccc43)[C@H]3C=C(C)c4cc(C)ccc4N23)c1. The minimum atomic E-state index is -1.38. The molecule has 43 heavy (non-hydrogen) atoms. The number of ketones is 2. The first kappa shape index (κ1) is 27.2. The zero-order valence-corrected chi connectivity index (χ0v) is 24.7. The predicted octanol–water partition coefficient (Wildman–Crippen LogP) is 6.90. The number of amides is 1. The second kappa shape index (κ2) is 9.96. The number of benzene rings is 4. The van der Waals surface area contributed by atoms with Gasteiger partial charge in [-0.25, -0.2) is 0 Å². The van der Waals surface area contributed by atoms with Crippen LogP contribution < -0.4 is 15.0 Å². The number of Topliss-reactive ketones (excluding diaryl/α,β-unsaturated/α-hetero) is 2. The molecule has 0 unspecified atom stereocenters. The van der Waals surface area contributed by atoms with Crippen molar-refractivity contribution in [1.82, 2.24) is 0 Å². The van der Waals surface area contributed by atoms with Gasteiger partial charge in [0.05, 0.1) is 19.1 Å². The molecule has 0 saturated carbocycles. The number of nitrogens with one attached hydrogen (secondary N) is 1. The molecule has 3 aliphatic heterocycles. The summed E-state index contributed by atoms with van der Waals surface area (Å²) in [6.07, 6.45) is 2.06. The molecule has 4 atom stereocenters. The first-order valence-corrected chi connectivity index (χ1v) is 14.6. The molecule has 1 amide bonds. The summed E-state index contributed by atoms with van der Waals surface area (Å²) in [5, 5.41) is 3.57. The van der Waals surface area contributed by atoms with Crippen molar-refractivity contribution >= 4 is 46.0 Å². The molecule has 214 valence electrons. The summed E-state index contributed by atoms with van der Waals surface area (Å²) in [4.78, 5) is 46.3. The molecule has 7 heteroatoms. The van der Waals surface area contributed by atoms with Gasteiger partial charge in [-0.1, -0.05) is 59.6 Å². The van der Waals surface area contributed by atoms with E-state index in [1.165, 1.54) is 0 Å². The maximum Gasteiger partial charge on any atom is 0.238 e. The zero-order chi connectivity index (χ0) is 30.0. The van der Waals surface area contributed by atoms with E-state index < -0.39 is 23.4 Å². The number of carbonyl (C=O) groups excluding carboxylic acids is 3. The van der Waals surface area contributed by atoms with E-state index in [4.69, 9.17) is 16.3 Å². The second-order valence-electron chi connectivity index (χ2n) is 11.5. The Morgan fingerprint density at radius 3 is 2.42 bits per heavy atom. The fraction of sp³-hybridized carbons (Fsp3) is 0.194. The molecule has 0 radical (unpaired) electrons. The number of hydrogen-bond acceptors (Lipinski definition) is 5. The van der Waals surface area contributed by atoms with Gasteiger partial charge < -0.3 is 15.0 Å². The topological polar surface area (TPSA) is 75.7 Å². The lowest BCUT2D eigenvalue weighted by Crippen LogP contribution is -2.51. The standard InChI is InChI=1S/C36H29ClN2O4/c1-20-11-16-29-26(17-20)21(2)18-30-36(27-9-4-5-10-28(27)38-35(36)42)31(33(40)22-12-14-24(37)15-13-22)32(39(29)30)34(41)23-7-6-8-25(19-23)43-3/h4-19,30-32H,1-3H3,(H,38,42)/t30-,31-,32+,36+/m1/s1. The van der Waals surface area contributed by atoms with Crippen molar-refractivity contribution in [2.75, 3.05) is 17.3 Å².